The number of guanidine groups is 1. The number of furan rings is 1. The lowest BCUT2D eigenvalue weighted by atomic mass is 9.92. The average Bonchev–Trinajstić information content (AvgIpc) is 2.81. The second kappa shape index (κ2) is 5.94. The molecule has 1 saturated heterocycles. The van der Waals surface area contributed by atoms with E-state index >= 15 is 0 Å². The monoisotopic (exact) mass is 249 g/mol. The summed E-state index contributed by atoms with van der Waals surface area (Å²) in [6, 6.07) is 3.88. The molecule has 1 aliphatic heterocycles. The second-order valence-electron chi connectivity index (χ2n) is 5.33. The predicted octanol–water partition coefficient (Wildman–Crippen LogP) is 2.33. The van der Waals surface area contributed by atoms with E-state index in [2.05, 4.69) is 29.1 Å². The number of likely N-dealkylation sites (tertiary alicyclic amines) is 1. The first-order valence-electron chi connectivity index (χ1n) is 6.67. The zero-order valence-corrected chi connectivity index (χ0v) is 11.5. The Kier molecular flexibility index (Phi) is 4.28. The van der Waals surface area contributed by atoms with E-state index < -0.39 is 0 Å². The summed E-state index contributed by atoms with van der Waals surface area (Å²) in [6.45, 7) is 7.48. The van der Waals surface area contributed by atoms with E-state index in [0.29, 0.717) is 6.54 Å². The van der Waals surface area contributed by atoms with Gasteiger partial charge in [-0.3, -0.25) is 4.99 Å². The smallest absolute Gasteiger partial charge is 0.194 e. The van der Waals surface area contributed by atoms with Crippen molar-refractivity contribution in [3.05, 3.63) is 24.2 Å². The Bertz CT molecular complexity index is 376. The van der Waals surface area contributed by atoms with Gasteiger partial charge in [-0.1, -0.05) is 13.8 Å². The molecule has 18 heavy (non-hydrogen) atoms. The van der Waals surface area contributed by atoms with Gasteiger partial charge < -0.3 is 14.6 Å². The molecular formula is C14H23N3O. The molecule has 1 aliphatic rings. The first-order valence-corrected chi connectivity index (χ1v) is 6.67. The number of nitrogens with one attached hydrogen (secondary N) is 1. The molecule has 2 rings (SSSR count). The van der Waals surface area contributed by atoms with Crippen LogP contribution in [-0.2, 0) is 6.54 Å². The van der Waals surface area contributed by atoms with Gasteiger partial charge in [-0.05, 0) is 30.4 Å². The zero-order chi connectivity index (χ0) is 13.0. The quantitative estimate of drug-likeness (QED) is 0.646. The Morgan fingerprint density at radius 1 is 1.44 bits per heavy atom. The van der Waals surface area contributed by atoms with Crippen molar-refractivity contribution in [2.45, 2.75) is 26.8 Å². The molecule has 2 atom stereocenters. The standard InChI is InChI=1S/C14H23N3O/c1-11-7-12(2)10-17(9-11)14(15-3)16-8-13-5-4-6-18-13/h4-6,11-12H,7-10H2,1-3H3,(H,15,16). The van der Waals surface area contributed by atoms with E-state index in [1.807, 2.05) is 19.2 Å². The highest BCUT2D eigenvalue weighted by atomic mass is 16.3. The Balaban J connectivity index is 1.92. The number of hydrogen-bond acceptors (Lipinski definition) is 2. The molecule has 2 heterocycles. The summed E-state index contributed by atoms with van der Waals surface area (Å²) in [5.74, 6) is 3.38. The molecule has 100 valence electrons. The lowest BCUT2D eigenvalue weighted by Gasteiger charge is -2.37. The summed E-state index contributed by atoms with van der Waals surface area (Å²) >= 11 is 0. The van der Waals surface area contributed by atoms with Gasteiger partial charge in [0.25, 0.3) is 0 Å². The maximum Gasteiger partial charge on any atom is 0.194 e. The highest BCUT2D eigenvalue weighted by molar-refractivity contribution is 5.79. The minimum absolute atomic E-state index is 0.693. The first-order chi connectivity index (χ1) is 8.69. The van der Waals surface area contributed by atoms with Crippen LogP contribution in [0.15, 0.2) is 27.8 Å². The van der Waals surface area contributed by atoms with E-state index in [1.54, 1.807) is 6.26 Å². The van der Waals surface area contributed by atoms with Crippen LogP contribution in [0.3, 0.4) is 0 Å². The Labute approximate surface area is 109 Å². The fourth-order valence-electron chi connectivity index (χ4n) is 2.75. The minimum atomic E-state index is 0.693. The van der Waals surface area contributed by atoms with Gasteiger partial charge in [0.05, 0.1) is 12.8 Å². The molecule has 1 N–H and O–H groups in total. The van der Waals surface area contributed by atoms with Crippen LogP contribution in [0.4, 0.5) is 0 Å². The van der Waals surface area contributed by atoms with Crippen molar-refractivity contribution >= 4 is 5.96 Å². The third kappa shape index (κ3) is 3.28. The van der Waals surface area contributed by atoms with Gasteiger partial charge in [0, 0.05) is 20.1 Å². The van der Waals surface area contributed by atoms with Crippen molar-refractivity contribution in [1.29, 1.82) is 0 Å². The number of hydrogen-bond donors (Lipinski definition) is 1. The molecule has 1 fully saturated rings. The topological polar surface area (TPSA) is 40.8 Å². The van der Waals surface area contributed by atoms with Gasteiger partial charge >= 0.3 is 0 Å². The van der Waals surface area contributed by atoms with Crippen molar-refractivity contribution in [3.8, 4) is 0 Å². The number of rotatable bonds is 2. The lowest BCUT2D eigenvalue weighted by molar-refractivity contribution is 0.208. The van der Waals surface area contributed by atoms with Gasteiger partial charge in [-0.2, -0.15) is 0 Å². The Morgan fingerprint density at radius 3 is 2.72 bits per heavy atom. The Hall–Kier alpha value is -1.45. The summed E-state index contributed by atoms with van der Waals surface area (Å²) in [6.07, 6.45) is 3.01. The van der Waals surface area contributed by atoms with Crippen molar-refractivity contribution in [3.63, 3.8) is 0 Å². The molecule has 2 unspecified atom stereocenters. The Morgan fingerprint density at radius 2 is 2.17 bits per heavy atom. The molecule has 0 spiro atoms. The summed E-state index contributed by atoms with van der Waals surface area (Å²) in [5.41, 5.74) is 0. The third-order valence-corrected chi connectivity index (χ3v) is 3.38. The SMILES string of the molecule is CN=C(NCc1ccco1)N1CC(C)CC(C)C1. The van der Waals surface area contributed by atoms with Crippen molar-refractivity contribution < 1.29 is 4.42 Å². The first kappa shape index (κ1) is 13.0. The van der Waals surface area contributed by atoms with Gasteiger partial charge in [0.1, 0.15) is 5.76 Å². The average molecular weight is 249 g/mol. The van der Waals surface area contributed by atoms with Crippen LogP contribution in [0.5, 0.6) is 0 Å². The number of piperidine rings is 1. The van der Waals surface area contributed by atoms with Crippen LogP contribution >= 0.6 is 0 Å². The molecule has 0 bridgehead atoms. The molecule has 0 saturated carbocycles. The number of nitrogens with zero attached hydrogens (tertiary/aromatic N) is 2. The van der Waals surface area contributed by atoms with E-state index in [4.69, 9.17) is 4.42 Å². The van der Waals surface area contributed by atoms with Crippen LogP contribution < -0.4 is 5.32 Å². The maximum atomic E-state index is 5.32. The molecule has 4 heteroatoms. The summed E-state index contributed by atoms with van der Waals surface area (Å²) in [5, 5.41) is 3.36. The molecule has 0 amide bonds. The fraction of sp³-hybridized carbons (Fsp3) is 0.643. The van der Waals surface area contributed by atoms with Crippen LogP contribution in [0.2, 0.25) is 0 Å². The summed E-state index contributed by atoms with van der Waals surface area (Å²) in [7, 11) is 1.84. The summed E-state index contributed by atoms with van der Waals surface area (Å²) in [4.78, 5) is 6.72. The van der Waals surface area contributed by atoms with Crippen molar-refractivity contribution in [2.75, 3.05) is 20.1 Å². The van der Waals surface area contributed by atoms with Gasteiger partial charge in [-0.15, -0.1) is 0 Å². The fourth-order valence-corrected chi connectivity index (χ4v) is 2.75. The van der Waals surface area contributed by atoms with E-state index in [1.165, 1.54) is 6.42 Å². The van der Waals surface area contributed by atoms with Gasteiger partial charge in [-0.25, -0.2) is 0 Å². The predicted molar refractivity (Wildman–Crippen MR) is 73.4 cm³/mol. The van der Waals surface area contributed by atoms with Crippen molar-refractivity contribution in [1.82, 2.24) is 10.2 Å². The van der Waals surface area contributed by atoms with Crippen LogP contribution in [0.1, 0.15) is 26.0 Å². The highest BCUT2D eigenvalue weighted by Gasteiger charge is 2.23. The van der Waals surface area contributed by atoms with Crippen LogP contribution in [0, 0.1) is 11.8 Å². The van der Waals surface area contributed by atoms with Crippen molar-refractivity contribution in [2.24, 2.45) is 16.8 Å². The normalized spacial score (nSPS) is 25.3. The van der Waals surface area contributed by atoms with Crippen LogP contribution in [-0.4, -0.2) is 31.0 Å². The van der Waals surface area contributed by atoms with E-state index in [9.17, 15) is 0 Å². The summed E-state index contributed by atoms with van der Waals surface area (Å²) < 4.78 is 5.32. The molecule has 4 nitrogen and oxygen atoms in total. The van der Waals surface area contributed by atoms with Gasteiger partial charge in [0.15, 0.2) is 5.96 Å². The molecule has 1 aromatic rings. The number of aliphatic imine (C=N–C) groups is 1. The second-order valence-corrected chi connectivity index (χ2v) is 5.33. The molecule has 0 radical (unpaired) electrons. The largest absolute Gasteiger partial charge is 0.467 e. The van der Waals surface area contributed by atoms with Crippen LogP contribution in [0.25, 0.3) is 0 Å². The zero-order valence-electron chi connectivity index (χ0n) is 11.5. The lowest BCUT2D eigenvalue weighted by Crippen LogP contribution is -2.48. The molecular weight excluding hydrogens is 226 g/mol. The maximum absolute atomic E-state index is 5.32. The van der Waals surface area contributed by atoms with E-state index in [0.717, 1.165) is 36.6 Å². The molecule has 0 aliphatic carbocycles. The molecule has 0 aromatic carbocycles. The third-order valence-electron chi connectivity index (χ3n) is 3.38. The minimum Gasteiger partial charge on any atom is -0.467 e. The van der Waals surface area contributed by atoms with E-state index in [-0.39, 0.29) is 0 Å². The molecule has 1 aromatic heterocycles. The van der Waals surface area contributed by atoms with Gasteiger partial charge in [0.2, 0.25) is 0 Å². The highest BCUT2D eigenvalue weighted by Crippen LogP contribution is 2.20.